The van der Waals surface area contributed by atoms with Crippen molar-refractivity contribution in [3.8, 4) is 0 Å². The summed E-state index contributed by atoms with van der Waals surface area (Å²) in [6, 6.07) is 10.6. The average Bonchev–Trinajstić information content (AvgIpc) is 3.35. The van der Waals surface area contributed by atoms with Gasteiger partial charge in [-0.3, -0.25) is 25.0 Å². The summed E-state index contributed by atoms with van der Waals surface area (Å²) in [5.74, 6) is -0.757. The van der Waals surface area contributed by atoms with Crippen molar-refractivity contribution in [2.45, 2.75) is 12.3 Å². The van der Waals surface area contributed by atoms with Crippen LogP contribution in [0.5, 0.6) is 0 Å². The van der Waals surface area contributed by atoms with Gasteiger partial charge in [-0.05, 0) is 30.3 Å². The molecule has 0 radical (unpaired) electrons. The number of nitro benzene ring substituents is 1. The van der Waals surface area contributed by atoms with Crippen LogP contribution in [-0.4, -0.2) is 33.5 Å². The van der Waals surface area contributed by atoms with Gasteiger partial charge >= 0.3 is 0 Å². The molecule has 1 aromatic heterocycles. The monoisotopic (exact) mass is 477 g/mol. The number of halogens is 2. The van der Waals surface area contributed by atoms with E-state index in [9.17, 15) is 19.7 Å². The van der Waals surface area contributed by atoms with Gasteiger partial charge in [0.2, 0.25) is 11.0 Å². The number of carbonyl (C=O) groups excluding carboxylic acids is 2. The molecule has 2 aromatic carbocycles. The van der Waals surface area contributed by atoms with Gasteiger partial charge in [0.15, 0.2) is 0 Å². The van der Waals surface area contributed by atoms with Crippen molar-refractivity contribution >= 4 is 62.9 Å². The lowest BCUT2D eigenvalue weighted by Crippen LogP contribution is -2.24. The minimum atomic E-state index is -0.596. The Kier molecular flexibility index (Phi) is 5.86. The molecule has 0 spiro atoms. The van der Waals surface area contributed by atoms with E-state index < -0.39 is 10.8 Å². The van der Waals surface area contributed by atoms with E-state index >= 15 is 0 Å². The topological polar surface area (TPSA) is 118 Å². The minimum absolute atomic E-state index is 0.0363. The highest BCUT2D eigenvalue weighted by molar-refractivity contribution is 7.15. The SMILES string of the molecule is O=C(Nc1nnc(C2CC(=O)N(c3ccc(Cl)cc3)C2)s1)c1ccc([N+](=O)[O-])cc1Cl. The van der Waals surface area contributed by atoms with Crippen molar-refractivity contribution in [3.05, 3.63) is 73.2 Å². The lowest BCUT2D eigenvalue weighted by Gasteiger charge is -2.16. The van der Waals surface area contributed by atoms with Gasteiger partial charge in [-0.2, -0.15) is 0 Å². The molecule has 158 valence electrons. The van der Waals surface area contributed by atoms with Crippen molar-refractivity contribution in [1.82, 2.24) is 10.2 Å². The van der Waals surface area contributed by atoms with Gasteiger partial charge in [-0.1, -0.05) is 34.5 Å². The quantitative estimate of drug-likeness (QED) is 0.425. The number of aromatic nitrogens is 2. The molecule has 1 saturated heterocycles. The fraction of sp³-hybridized carbons (Fsp3) is 0.158. The van der Waals surface area contributed by atoms with Gasteiger partial charge in [-0.25, -0.2) is 0 Å². The summed E-state index contributed by atoms with van der Waals surface area (Å²) in [6.07, 6.45) is 0.277. The Hall–Kier alpha value is -3.08. The predicted octanol–water partition coefficient (Wildman–Crippen LogP) is 4.53. The van der Waals surface area contributed by atoms with Gasteiger partial charge in [0.05, 0.1) is 15.5 Å². The van der Waals surface area contributed by atoms with Gasteiger partial charge in [0.1, 0.15) is 5.01 Å². The molecule has 9 nitrogen and oxygen atoms in total. The third-order valence-corrected chi connectivity index (χ3v) is 6.25. The largest absolute Gasteiger partial charge is 0.312 e. The van der Waals surface area contributed by atoms with Crippen LogP contribution >= 0.6 is 34.5 Å². The van der Waals surface area contributed by atoms with Crippen LogP contribution in [0.2, 0.25) is 10.0 Å². The van der Waals surface area contributed by atoms with Crippen molar-refractivity contribution < 1.29 is 14.5 Å². The summed E-state index contributed by atoms with van der Waals surface area (Å²) in [7, 11) is 0. The van der Waals surface area contributed by atoms with Crippen LogP contribution < -0.4 is 10.2 Å². The highest BCUT2D eigenvalue weighted by Gasteiger charge is 2.34. The summed E-state index contributed by atoms with van der Waals surface area (Å²) < 4.78 is 0. The molecule has 0 bridgehead atoms. The van der Waals surface area contributed by atoms with Gasteiger partial charge < -0.3 is 4.90 Å². The second kappa shape index (κ2) is 8.58. The average molecular weight is 478 g/mol. The first-order valence-corrected chi connectivity index (χ1v) is 10.5. The highest BCUT2D eigenvalue weighted by Crippen LogP contribution is 2.35. The third kappa shape index (κ3) is 4.50. The molecular formula is C19H13Cl2N5O4S. The Morgan fingerprint density at radius 1 is 1.19 bits per heavy atom. The van der Waals surface area contributed by atoms with Crippen LogP contribution in [0.25, 0.3) is 0 Å². The number of nitrogens with one attached hydrogen (secondary N) is 1. The van der Waals surface area contributed by atoms with Crippen molar-refractivity contribution in [3.63, 3.8) is 0 Å². The lowest BCUT2D eigenvalue weighted by atomic mass is 10.1. The summed E-state index contributed by atoms with van der Waals surface area (Å²) in [6.45, 7) is 0.442. The van der Waals surface area contributed by atoms with E-state index in [2.05, 4.69) is 15.5 Å². The van der Waals surface area contributed by atoms with Gasteiger partial charge in [0, 0.05) is 41.7 Å². The van der Waals surface area contributed by atoms with Crippen LogP contribution in [0, 0.1) is 10.1 Å². The van der Waals surface area contributed by atoms with E-state index in [-0.39, 0.29) is 39.7 Å². The molecule has 4 rings (SSSR count). The Morgan fingerprint density at radius 2 is 1.94 bits per heavy atom. The van der Waals surface area contributed by atoms with Crippen LogP contribution in [-0.2, 0) is 4.79 Å². The molecule has 31 heavy (non-hydrogen) atoms. The number of hydrogen-bond donors (Lipinski definition) is 1. The van der Waals surface area contributed by atoms with Crippen LogP contribution in [0.15, 0.2) is 42.5 Å². The Balaban J connectivity index is 1.45. The standard InChI is InChI=1S/C19H13Cl2N5O4S/c20-11-1-3-12(4-2-11)25-9-10(7-16(25)27)18-23-24-19(31-18)22-17(28)14-6-5-13(26(29)30)8-15(14)21/h1-6,8,10H,7,9H2,(H,22,24,28). The zero-order valence-electron chi connectivity index (χ0n) is 15.6. The van der Waals surface area contributed by atoms with E-state index in [0.717, 1.165) is 23.1 Å². The lowest BCUT2D eigenvalue weighted by molar-refractivity contribution is -0.384. The Bertz CT molecular complexity index is 1180. The minimum Gasteiger partial charge on any atom is -0.312 e. The molecule has 2 heterocycles. The zero-order valence-corrected chi connectivity index (χ0v) is 17.9. The van der Waals surface area contributed by atoms with Crippen molar-refractivity contribution in [1.29, 1.82) is 0 Å². The Morgan fingerprint density at radius 3 is 2.61 bits per heavy atom. The van der Waals surface area contributed by atoms with Gasteiger partial charge in [-0.15, -0.1) is 10.2 Å². The van der Waals surface area contributed by atoms with E-state index in [1.165, 1.54) is 12.1 Å². The fourth-order valence-corrected chi connectivity index (χ4v) is 4.38. The third-order valence-electron chi connectivity index (χ3n) is 4.68. The summed E-state index contributed by atoms with van der Waals surface area (Å²) in [4.78, 5) is 36.8. The van der Waals surface area contributed by atoms with Gasteiger partial charge in [0.25, 0.3) is 11.6 Å². The number of benzene rings is 2. The summed E-state index contributed by atoms with van der Waals surface area (Å²) in [5.41, 5.74) is 0.618. The molecule has 1 atom stereocenters. The summed E-state index contributed by atoms with van der Waals surface area (Å²) >= 11 is 13.1. The Labute approximate surface area is 189 Å². The van der Waals surface area contributed by atoms with E-state index in [4.69, 9.17) is 23.2 Å². The van der Waals surface area contributed by atoms with E-state index in [1.54, 1.807) is 29.2 Å². The molecule has 3 aromatic rings. The van der Waals surface area contributed by atoms with Crippen molar-refractivity contribution in [2.75, 3.05) is 16.8 Å². The molecular weight excluding hydrogens is 465 g/mol. The molecule has 1 N–H and O–H groups in total. The number of amides is 2. The van der Waals surface area contributed by atoms with Crippen LogP contribution in [0.4, 0.5) is 16.5 Å². The predicted molar refractivity (Wildman–Crippen MR) is 117 cm³/mol. The fourth-order valence-electron chi connectivity index (χ4n) is 3.16. The second-order valence-corrected chi connectivity index (χ2v) is 8.56. The van der Waals surface area contributed by atoms with Crippen LogP contribution in [0.1, 0.15) is 27.7 Å². The second-order valence-electron chi connectivity index (χ2n) is 6.70. The smallest absolute Gasteiger partial charge is 0.270 e. The molecule has 1 aliphatic heterocycles. The number of nitrogens with zero attached hydrogens (tertiary/aromatic N) is 4. The van der Waals surface area contributed by atoms with E-state index in [0.29, 0.717) is 16.6 Å². The molecule has 1 unspecified atom stereocenters. The molecule has 1 aliphatic rings. The number of anilines is 2. The molecule has 12 heteroatoms. The maximum Gasteiger partial charge on any atom is 0.270 e. The van der Waals surface area contributed by atoms with Crippen LogP contribution in [0.3, 0.4) is 0 Å². The van der Waals surface area contributed by atoms with Crippen molar-refractivity contribution in [2.24, 2.45) is 0 Å². The first-order valence-electron chi connectivity index (χ1n) is 8.96. The first kappa shape index (κ1) is 21.2. The molecule has 0 aliphatic carbocycles. The maximum absolute atomic E-state index is 12.5. The number of rotatable bonds is 5. The number of hydrogen-bond acceptors (Lipinski definition) is 7. The zero-order chi connectivity index (χ0) is 22.1. The first-order chi connectivity index (χ1) is 14.8. The number of carbonyl (C=O) groups is 2. The van der Waals surface area contributed by atoms with E-state index in [1.807, 2.05) is 0 Å². The maximum atomic E-state index is 12.5. The number of non-ortho nitro benzene ring substituents is 1. The molecule has 0 saturated carbocycles. The summed E-state index contributed by atoms with van der Waals surface area (Å²) in [5, 5.41) is 22.9. The normalized spacial score (nSPS) is 15.9. The number of nitro groups is 1. The molecule has 1 fully saturated rings. The highest BCUT2D eigenvalue weighted by atomic mass is 35.5. The molecule has 2 amide bonds.